The smallest absolute Gasteiger partial charge is 0.331 e. The van der Waals surface area contributed by atoms with Gasteiger partial charge in [-0.3, -0.25) is 0 Å². The van der Waals surface area contributed by atoms with Crippen molar-refractivity contribution in [3.8, 4) is 5.75 Å². The molecule has 0 heterocycles. The predicted octanol–water partition coefficient (Wildman–Crippen LogP) is 1.85. The summed E-state index contributed by atoms with van der Waals surface area (Å²) in [6.07, 6.45) is 1.54. The van der Waals surface area contributed by atoms with Gasteiger partial charge in [0.25, 0.3) is 0 Å². The highest BCUT2D eigenvalue weighted by molar-refractivity contribution is 5.91. The second-order valence-electron chi connectivity index (χ2n) is 3.13. The third kappa shape index (κ3) is 5.82. The van der Waals surface area contributed by atoms with Crippen molar-refractivity contribution < 1.29 is 15.0 Å². The molecule has 0 aliphatic rings. The van der Waals surface area contributed by atoms with Crippen molar-refractivity contribution in [2.75, 3.05) is 6.54 Å². The number of carboxylic acids is 1. The molecule has 0 aliphatic heterocycles. The van der Waals surface area contributed by atoms with E-state index in [1.807, 2.05) is 6.92 Å². The van der Waals surface area contributed by atoms with Crippen LogP contribution in [0.4, 0.5) is 0 Å². The number of phenols is 1. The molecule has 1 aromatic carbocycles. The van der Waals surface area contributed by atoms with Gasteiger partial charge in [-0.25, -0.2) is 4.79 Å². The van der Waals surface area contributed by atoms with Crippen molar-refractivity contribution in [3.63, 3.8) is 0 Å². The Bertz CT molecular complexity index is 355. The van der Waals surface area contributed by atoms with E-state index in [1.165, 1.54) is 19.1 Å². The molecule has 0 bridgehead atoms. The highest BCUT2D eigenvalue weighted by atomic mass is 16.4. The molecule has 1 aromatic rings. The number of rotatable bonds is 2. The molecule has 0 amide bonds. The first-order valence-electron chi connectivity index (χ1n) is 4.92. The molecule has 4 N–H and O–H groups in total. The van der Waals surface area contributed by atoms with Gasteiger partial charge >= 0.3 is 5.97 Å². The summed E-state index contributed by atoms with van der Waals surface area (Å²) < 4.78 is 0. The van der Waals surface area contributed by atoms with Crippen molar-refractivity contribution in [3.05, 3.63) is 35.4 Å². The molecular weight excluding hydrogens is 206 g/mol. The molecule has 4 heteroatoms. The number of carboxylic acid groups (broad SMARTS) is 1. The first kappa shape index (κ1) is 14.2. The van der Waals surface area contributed by atoms with Gasteiger partial charge in [-0.15, -0.1) is 0 Å². The fraction of sp³-hybridized carbons (Fsp3) is 0.250. The fourth-order valence-corrected chi connectivity index (χ4v) is 0.882. The average Bonchev–Trinajstić information content (AvgIpc) is 2.22. The van der Waals surface area contributed by atoms with Gasteiger partial charge < -0.3 is 15.9 Å². The minimum Gasteiger partial charge on any atom is -0.508 e. The van der Waals surface area contributed by atoms with Gasteiger partial charge in [0.15, 0.2) is 0 Å². The molecule has 0 saturated heterocycles. The quantitative estimate of drug-likeness (QED) is 0.668. The number of hydrogen-bond acceptors (Lipinski definition) is 3. The minimum absolute atomic E-state index is 0.171. The van der Waals surface area contributed by atoms with Crippen LogP contribution in [0, 0.1) is 0 Å². The number of benzene rings is 1. The Morgan fingerprint density at radius 2 is 1.81 bits per heavy atom. The molecule has 1 rings (SSSR count). The Morgan fingerprint density at radius 1 is 1.38 bits per heavy atom. The zero-order chi connectivity index (χ0) is 12.6. The molecule has 88 valence electrons. The molecule has 0 aliphatic carbocycles. The van der Waals surface area contributed by atoms with Crippen LogP contribution in [-0.2, 0) is 4.79 Å². The fourth-order valence-electron chi connectivity index (χ4n) is 0.882. The largest absolute Gasteiger partial charge is 0.508 e. The summed E-state index contributed by atoms with van der Waals surface area (Å²) in [5.74, 6) is -0.766. The Morgan fingerprint density at radius 3 is 2.19 bits per heavy atom. The van der Waals surface area contributed by atoms with E-state index in [4.69, 9.17) is 15.9 Å². The van der Waals surface area contributed by atoms with Crippen LogP contribution in [0.5, 0.6) is 5.75 Å². The van der Waals surface area contributed by atoms with E-state index in [2.05, 4.69) is 0 Å². The maximum absolute atomic E-state index is 10.5. The van der Waals surface area contributed by atoms with Gasteiger partial charge in [0.2, 0.25) is 0 Å². The lowest BCUT2D eigenvalue weighted by Gasteiger charge is -1.95. The number of aromatic hydroxyl groups is 1. The number of aliphatic carboxylic acids is 1. The predicted molar refractivity (Wildman–Crippen MR) is 64.1 cm³/mol. The lowest BCUT2D eigenvalue weighted by Crippen LogP contribution is -1.95. The van der Waals surface area contributed by atoms with E-state index >= 15 is 0 Å². The maximum atomic E-state index is 10.5. The van der Waals surface area contributed by atoms with Crippen LogP contribution < -0.4 is 5.73 Å². The summed E-state index contributed by atoms with van der Waals surface area (Å²) in [4.78, 5) is 10.5. The van der Waals surface area contributed by atoms with Crippen LogP contribution >= 0.6 is 0 Å². The van der Waals surface area contributed by atoms with E-state index < -0.39 is 5.97 Å². The summed E-state index contributed by atoms with van der Waals surface area (Å²) in [7, 11) is 0. The van der Waals surface area contributed by atoms with Crippen molar-refractivity contribution in [1.29, 1.82) is 0 Å². The molecule has 0 atom stereocenters. The molecule has 0 spiro atoms. The van der Waals surface area contributed by atoms with E-state index in [9.17, 15) is 4.79 Å². The summed E-state index contributed by atoms with van der Waals surface area (Å²) in [6, 6.07) is 6.34. The molecule has 0 radical (unpaired) electrons. The van der Waals surface area contributed by atoms with Crippen LogP contribution in [0.25, 0.3) is 6.08 Å². The zero-order valence-corrected chi connectivity index (χ0v) is 9.47. The Hall–Kier alpha value is -1.81. The van der Waals surface area contributed by atoms with Crippen LogP contribution in [-0.4, -0.2) is 22.7 Å². The van der Waals surface area contributed by atoms with Crippen LogP contribution in [0.3, 0.4) is 0 Å². The highest BCUT2D eigenvalue weighted by Crippen LogP contribution is 2.12. The first-order chi connectivity index (χ1) is 7.51. The molecule has 0 saturated carbocycles. The molecule has 4 nitrogen and oxygen atoms in total. The third-order valence-electron chi connectivity index (χ3n) is 1.61. The van der Waals surface area contributed by atoms with Gasteiger partial charge in [-0.05, 0) is 37.2 Å². The number of carbonyl (C=O) groups is 1. The van der Waals surface area contributed by atoms with Gasteiger partial charge in [0.1, 0.15) is 5.75 Å². The maximum Gasteiger partial charge on any atom is 0.331 e. The topological polar surface area (TPSA) is 83.5 Å². The Kier molecular flexibility index (Phi) is 6.63. The van der Waals surface area contributed by atoms with Gasteiger partial charge in [0.05, 0.1) is 0 Å². The van der Waals surface area contributed by atoms with Crippen LogP contribution in [0.15, 0.2) is 29.8 Å². The molecular formula is C12H17NO3. The summed E-state index contributed by atoms with van der Waals surface area (Å²) in [6.45, 7) is 4.18. The van der Waals surface area contributed by atoms with E-state index in [1.54, 1.807) is 18.2 Å². The molecule has 0 unspecified atom stereocenters. The summed E-state index contributed by atoms with van der Waals surface area (Å²) in [5, 5.41) is 17.5. The van der Waals surface area contributed by atoms with E-state index in [0.29, 0.717) is 0 Å². The monoisotopic (exact) mass is 223 g/mol. The lowest BCUT2D eigenvalue weighted by molar-refractivity contribution is -0.132. The number of nitrogens with two attached hydrogens (primary N) is 1. The van der Waals surface area contributed by atoms with Crippen molar-refractivity contribution in [2.24, 2.45) is 5.73 Å². The van der Waals surface area contributed by atoms with Gasteiger partial charge in [0, 0.05) is 5.57 Å². The standard InChI is InChI=1S/C10H10O3.C2H7N/c1-7(10(12)13)6-8-2-4-9(11)5-3-8;1-2-3/h2-6,11H,1H3,(H,12,13);2-3H2,1H3. The molecule has 0 aromatic heterocycles. The number of phenolic OH excluding ortho intramolecular Hbond substituents is 1. The Balaban J connectivity index is 0.000000673. The average molecular weight is 223 g/mol. The second-order valence-corrected chi connectivity index (χ2v) is 3.13. The zero-order valence-electron chi connectivity index (χ0n) is 9.47. The van der Waals surface area contributed by atoms with Crippen molar-refractivity contribution in [1.82, 2.24) is 0 Å². The van der Waals surface area contributed by atoms with E-state index in [0.717, 1.165) is 12.1 Å². The van der Waals surface area contributed by atoms with Crippen LogP contribution in [0.2, 0.25) is 0 Å². The number of hydrogen-bond donors (Lipinski definition) is 3. The Labute approximate surface area is 95.0 Å². The molecule has 16 heavy (non-hydrogen) atoms. The minimum atomic E-state index is -0.937. The van der Waals surface area contributed by atoms with E-state index in [-0.39, 0.29) is 11.3 Å². The van der Waals surface area contributed by atoms with Crippen molar-refractivity contribution in [2.45, 2.75) is 13.8 Å². The summed E-state index contributed by atoms with van der Waals surface area (Å²) >= 11 is 0. The molecule has 0 fully saturated rings. The second kappa shape index (κ2) is 7.48. The highest BCUT2D eigenvalue weighted by Gasteiger charge is 1.99. The SMILES string of the molecule is CC(=Cc1ccc(O)cc1)C(=O)O.CCN. The van der Waals surface area contributed by atoms with Crippen LogP contribution in [0.1, 0.15) is 19.4 Å². The van der Waals surface area contributed by atoms with Crippen molar-refractivity contribution >= 4 is 12.0 Å². The van der Waals surface area contributed by atoms with Gasteiger partial charge in [-0.1, -0.05) is 19.1 Å². The van der Waals surface area contributed by atoms with Gasteiger partial charge in [-0.2, -0.15) is 0 Å². The first-order valence-corrected chi connectivity index (χ1v) is 4.92. The third-order valence-corrected chi connectivity index (χ3v) is 1.61. The summed E-state index contributed by atoms with van der Waals surface area (Å²) in [5.41, 5.74) is 5.88. The lowest BCUT2D eigenvalue weighted by atomic mass is 10.1. The normalized spacial score (nSPS) is 10.3.